The molecule has 0 saturated heterocycles. The highest BCUT2D eigenvalue weighted by Gasteiger charge is 2.12. The molecule has 6 nitrogen and oxygen atoms in total. The molecule has 1 N–H and O–H groups in total. The van der Waals surface area contributed by atoms with E-state index >= 15 is 0 Å². The molecule has 0 aliphatic heterocycles. The maximum absolute atomic E-state index is 10.9. The molecule has 0 amide bonds. The highest BCUT2D eigenvalue weighted by Crippen LogP contribution is 2.23. The first-order chi connectivity index (χ1) is 9.61. The summed E-state index contributed by atoms with van der Waals surface area (Å²) in [6.07, 6.45) is 2.73. The number of benzene rings is 1. The molecular weight excluding hydrogens is 256 g/mol. The lowest BCUT2D eigenvalue weighted by molar-refractivity contribution is -0.384. The van der Waals surface area contributed by atoms with E-state index in [2.05, 4.69) is 17.3 Å². The molecule has 20 heavy (non-hydrogen) atoms. The Kier molecular flexibility index (Phi) is 4.34. The third kappa shape index (κ3) is 3.14. The van der Waals surface area contributed by atoms with Gasteiger partial charge in [0, 0.05) is 41.8 Å². The van der Waals surface area contributed by atoms with Gasteiger partial charge in [0.15, 0.2) is 0 Å². The number of nitro benzene ring substituents is 1. The summed E-state index contributed by atoms with van der Waals surface area (Å²) in [5.74, 6) is 0. The zero-order chi connectivity index (χ0) is 14.5. The van der Waals surface area contributed by atoms with Crippen LogP contribution in [0.15, 0.2) is 30.5 Å². The van der Waals surface area contributed by atoms with E-state index in [1.807, 2.05) is 17.7 Å². The number of nitro groups is 1. The smallest absolute Gasteiger partial charge is 0.269 e. The molecule has 0 radical (unpaired) electrons. The molecule has 0 atom stereocenters. The van der Waals surface area contributed by atoms with Gasteiger partial charge in [0.25, 0.3) is 5.69 Å². The van der Waals surface area contributed by atoms with Crippen molar-refractivity contribution in [3.63, 3.8) is 0 Å². The lowest BCUT2D eigenvalue weighted by atomic mass is 10.1. The van der Waals surface area contributed by atoms with Crippen LogP contribution in [0.3, 0.4) is 0 Å². The molecule has 1 heterocycles. The lowest BCUT2D eigenvalue weighted by Crippen LogP contribution is -2.09. The quantitative estimate of drug-likeness (QED) is 0.649. The zero-order valence-corrected chi connectivity index (χ0v) is 11.7. The molecule has 0 aliphatic rings. The van der Waals surface area contributed by atoms with E-state index in [9.17, 15) is 10.1 Å². The molecule has 1 aromatic heterocycles. The Labute approximate surface area is 117 Å². The summed E-state index contributed by atoms with van der Waals surface area (Å²) >= 11 is 0. The van der Waals surface area contributed by atoms with Gasteiger partial charge in [-0.3, -0.25) is 14.8 Å². The molecule has 6 heteroatoms. The van der Waals surface area contributed by atoms with Crippen LogP contribution in [0.1, 0.15) is 24.6 Å². The van der Waals surface area contributed by atoms with Crippen LogP contribution in [0.5, 0.6) is 0 Å². The van der Waals surface area contributed by atoms with Crippen molar-refractivity contribution in [2.45, 2.75) is 26.8 Å². The van der Waals surface area contributed by atoms with Gasteiger partial charge >= 0.3 is 0 Å². The predicted molar refractivity (Wildman–Crippen MR) is 77.9 cm³/mol. The van der Waals surface area contributed by atoms with E-state index < -0.39 is 0 Å². The molecule has 0 unspecified atom stereocenters. The number of nitrogens with zero attached hydrogens (tertiary/aromatic N) is 3. The topological polar surface area (TPSA) is 73.0 Å². The summed E-state index contributed by atoms with van der Waals surface area (Å²) in [4.78, 5) is 10.5. The Bertz CT molecular complexity index is 607. The van der Waals surface area contributed by atoms with Gasteiger partial charge in [-0.15, -0.1) is 0 Å². The minimum atomic E-state index is -0.372. The van der Waals surface area contributed by atoms with Crippen molar-refractivity contribution in [3.8, 4) is 0 Å². The fourth-order valence-electron chi connectivity index (χ4n) is 1.98. The van der Waals surface area contributed by atoms with Crippen molar-refractivity contribution in [2.75, 3.05) is 11.9 Å². The number of hydrogen-bond acceptors (Lipinski definition) is 4. The van der Waals surface area contributed by atoms with Crippen molar-refractivity contribution < 1.29 is 4.92 Å². The summed E-state index contributed by atoms with van der Waals surface area (Å²) in [5.41, 5.74) is 2.93. The normalized spacial score (nSPS) is 10.5. The maximum atomic E-state index is 10.9. The third-order valence-electron chi connectivity index (χ3n) is 3.11. The molecule has 1 aromatic carbocycles. The first-order valence-corrected chi connectivity index (χ1v) is 6.61. The van der Waals surface area contributed by atoms with Gasteiger partial charge in [-0.05, 0) is 25.5 Å². The predicted octanol–water partition coefficient (Wildman–Crippen LogP) is 2.97. The molecule has 2 aromatic rings. The van der Waals surface area contributed by atoms with Crippen molar-refractivity contribution in [3.05, 3.63) is 51.8 Å². The van der Waals surface area contributed by atoms with Gasteiger partial charge in [-0.2, -0.15) is 5.10 Å². The van der Waals surface area contributed by atoms with E-state index in [1.54, 1.807) is 18.3 Å². The van der Waals surface area contributed by atoms with Gasteiger partial charge in [-0.25, -0.2) is 0 Å². The van der Waals surface area contributed by atoms with Crippen molar-refractivity contribution in [1.82, 2.24) is 9.78 Å². The van der Waals surface area contributed by atoms with Crippen LogP contribution in [0.2, 0.25) is 0 Å². The van der Waals surface area contributed by atoms with Crippen molar-refractivity contribution >= 4 is 11.4 Å². The van der Waals surface area contributed by atoms with Crippen LogP contribution in [0.25, 0.3) is 0 Å². The Hall–Kier alpha value is -2.37. The second-order valence-electron chi connectivity index (χ2n) is 4.66. The van der Waals surface area contributed by atoms with E-state index in [0.717, 1.165) is 29.9 Å². The number of rotatable bonds is 6. The Morgan fingerprint density at radius 3 is 2.80 bits per heavy atom. The van der Waals surface area contributed by atoms with Gasteiger partial charge in [-0.1, -0.05) is 6.92 Å². The van der Waals surface area contributed by atoms with Crippen LogP contribution in [0.4, 0.5) is 11.4 Å². The number of aryl methyl sites for hydroxylation is 1. The Morgan fingerprint density at radius 1 is 1.40 bits per heavy atom. The minimum Gasteiger partial charge on any atom is -0.385 e. The Morgan fingerprint density at radius 2 is 2.20 bits per heavy atom. The molecule has 0 saturated carbocycles. The summed E-state index contributed by atoms with van der Waals surface area (Å²) in [7, 11) is 0. The van der Waals surface area contributed by atoms with Gasteiger partial charge in [0.05, 0.1) is 11.5 Å². The molecule has 106 valence electrons. The fourth-order valence-corrected chi connectivity index (χ4v) is 1.98. The van der Waals surface area contributed by atoms with E-state index in [-0.39, 0.29) is 10.6 Å². The number of anilines is 1. The second-order valence-corrected chi connectivity index (χ2v) is 4.66. The molecular formula is C14H18N4O2. The molecule has 0 bridgehead atoms. The van der Waals surface area contributed by atoms with Gasteiger partial charge in [0.2, 0.25) is 0 Å². The number of hydrogen-bond donors (Lipinski definition) is 1. The highest BCUT2D eigenvalue weighted by atomic mass is 16.6. The van der Waals surface area contributed by atoms with E-state index in [4.69, 9.17) is 0 Å². The lowest BCUT2D eigenvalue weighted by Gasteiger charge is -2.12. The first-order valence-electron chi connectivity index (χ1n) is 6.61. The monoisotopic (exact) mass is 274 g/mol. The Balaban J connectivity index is 2.33. The number of non-ortho nitro benzene ring substituents is 1. The number of aromatic nitrogens is 2. The van der Waals surface area contributed by atoms with Crippen molar-refractivity contribution in [1.29, 1.82) is 0 Å². The summed E-state index contributed by atoms with van der Waals surface area (Å²) in [5, 5.41) is 18.4. The average molecular weight is 274 g/mol. The van der Waals surface area contributed by atoms with Crippen molar-refractivity contribution in [2.24, 2.45) is 0 Å². The molecule has 0 aliphatic carbocycles. The van der Waals surface area contributed by atoms with Gasteiger partial charge < -0.3 is 5.32 Å². The number of nitrogens with one attached hydrogen (secondary N) is 1. The largest absolute Gasteiger partial charge is 0.385 e. The summed E-state index contributed by atoms with van der Waals surface area (Å²) in [6, 6.07) is 6.81. The molecule has 0 fully saturated rings. The average Bonchev–Trinajstić information content (AvgIpc) is 2.82. The maximum Gasteiger partial charge on any atom is 0.269 e. The van der Waals surface area contributed by atoms with Crippen LogP contribution < -0.4 is 5.32 Å². The van der Waals surface area contributed by atoms with Crippen LogP contribution >= 0.6 is 0 Å². The SMILES string of the molecule is CCCNc1ccc([N+](=O)[O-])cc1Cn1nccc1C. The minimum absolute atomic E-state index is 0.104. The van der Waals surface area contributed by atoms with Crippen LogP contribution in [-0.4, -0.2) is 21.2 Å². The third-order valence-corrected chi connectivity index (χ3v) is 3.11. The standard InChI is InChI=1S/C14H18N4O2/c1-3-7-15-14-5-4-13(18(19)20)9-12(14)10-17-11(2)6-8-16-17/h4-6,8-9,15H,3,7,10H2,1-2H3. The first kappa shape index (κ1) is 14.0. The highest BCUT2D eigenvalue weighted by molar-refractivity contribution is 5.56. The second kappa shape index (κ2) is 6.18. The van der Waals surface area contributed by atoms with Crippen LogP contribution in [-0.2, 0) is 6.54 Å². The molecule has 2 rings (SSSR count). The zero-order valence-electron chi connectivity index (χ0n) is 11.7. The molecule has 0 spiro atoms. The summed E-state index contributed by atoms with van der Waals surface area (Å²) in [6.45, 7) is 5.40. The summed E-state index contributed by atoms with van der Waals surface area (Å²) < 4.78 is 1.83. The van der Waals surface area contributed by atoms with E-state index in [1.165, 1.54) is 6.07 Å². The van der Waals surface area contributed by atoms with Gasteiger partial charge in [0.1, 0.15) is 0 Å². The van der Waals surface area contributed by atoms with E-state index in [0.29, 0.717) is 6.54 Å². The fraction of sp³-hybridized carbons (Fsp3) is 0.357. The van der Waals surface area contributed by atoms with Crippen LogP contribution in [0, 0.1) is 17.0 Å².